The van der Waals surface area contributed by atoms with Gasteiger partial charge in [0.25, 0.3) is 10.1 Å². The van der Waals surface area contributed by atoms with E-state index in [0.29, 0.717) is 30.3 Å². The number of unbranched alkanes of at least 4 members (excludes halogenated alkanes) is 6. The van der Waals surface area contributed by atoms with Crippen molar-refractivity contribution in [3.05, 3.63) is 47.5 Å². The number of hydrogen-bond donors (Lipinski definition) is 0. The van der Waals surface area contributed by atoms with Crippen LogP contribution in [0.15, 0.2) is 41.3 Å². The summed E-state index contributed by atoms with van der Waals surface area (Å²) in [5.74, 6) is 2.05. The van der Waals surface area contributed by atoms with E-state index in [2.05, 4.69) is 6.92 Å². The van der Waals surface area contributed by atoms with Gasteiger partial charge in [0.05, 0.1) is 32.3 Å². The fourth-order valence-electron chi connectivity index (χ4n) is 3.65. The first-order valence-electron chi connectivity index (χ1n) is 12.2. The number of hydrogen-bond acceptors (Lipinski definition) is 6. The van der Waals surface area contributed by atoms with E-state index >= 15 is 0 Å². The van der Waals surface area contributed by atoms with E-state index < -0.39 is 10.1 Å². The van der Waals surface area contributed by atoms with Crippen molar-refractivity contribution in [2.24, 2.45) is 0 Å². The largest absolute Gasteiger partial charge is 0.493 e. The minimum absolute atomic E-state index is 0.197. The van der Waals surface area contributed by atoms with Gasteiger partial charge in [-0.25, -0.2) is 0 Å². The highest BCUT2D eigenvalue weighted by atomic mass is 32.2. The quantitative estimate of drug-likeness (QED) is 0.186. The molecular weight excluding hydrogens is 452 g/mol. The standard InChI is InChI=1S/C27H40O6S/c1-5-6-7-11-18-32-27-25(30-3)20-23(21-26(27)31-4)13-10-8-9-12-19-33-34(28,29)24-16-14-22(2)15-17-24/h14-17,20-21H,5-13,18-19H2,1-4H3. The molecule has 0 saturated carbocycles. The van der Waals surface area contributed by atoms with Crippen LogP contribution in [-0.2, 0) is 20.7 Å². The highest BCUT2D eigenvalue weighted by Gasteiger charge is 2.15. The third kappa shape index (κ3) is 9.18. The molecule has 2 rings (SSSR count). The first-order valence-corrected chi connectivity index (χ1v) is 13.7. The van der Waals surface area contributed by atoms with Crippen LogP contribution in [0.3, 0.4) is 0 Å². The second-order valence-corrected chi connectivity index (χ2v) is 10.1. The van der Waals surface area contributed by atoms with Crippen LogP contribution in [0.2, 0.25) is 0 Å². The Morgan fingerprint density at radius 2 is 1.35 bits per heavy atom. The van der Waals surface area contributed by atoms with Crippen LogP contribution >= 0.6 is 0 Å². The van der Waals surface area contributed by atoms with Gasteiger partial charge in [-0.3, -0.25) is 4.18 Å². The summed E-state index contributed by atoms with van der Waals surface area (Å²) in [6.07, 6.45) is 9.01. The second kappa shape index (κ2) is 14.9. The lowest BCUT2D eigenvalue weighted by atomic mass is 10.0. The molecule has 0 aliphatic carbocycles. The van der Waals surface area contributed by atoms with E-state index in [1.165, 1.54) is 12.8 Å². The fourth-order valence-corrected chi connectivity index (χ4v) is 4.59. The molecule has 2 aromatic carbocycles. The van der Waals surface area contributed by atoms with Crippen LogP contribution < -0.4 is 14.2 Å². The van der Waals surface area contributed by atoms with Gasteiger partial charge < -0.3 is 14.2 Å². The number of rotatable bonds is 17. The third-order valence-corrected chi connectivity index (χ3v) is 7.00. The summed E-state index contributed by atoms with van der Waals surface area (Å²) in [5.41, 5.74) is 2.14. The van der Waals surface area contributed by atoms with Crippen LogP contribution in [0.5, 0.6) is 17.2 Å². The van der Waals surface area contributed by atoms with Crippen molar-refractivity contribution >= 4 is 10.1 Å². The van der Waals surface area contributed by atoms with E-state index in [0.717, 1.165) is 49.7 Å². The molecule has 0 saturated heterocycles. The Morgan fingerprint density at radius 3 is 1.97 bits per heavy atom. The van der Waals surface area contributed by atoms with Crippen molar-refractivity contribution in [2.75, 3.05) is 27.4 Å². The summed E-state index contributed by atoms with van der Waals surface area (Å²) in [5, 5.41) is 0. The predicted octanol–water partition coefficient (Wildman–Crippen LogP) is 6.48. The Kier molecular flexibility index (Phi) is 12.3. The predicted molar refractivity (Wildman–Crippen MR) is 136 cm³/mol. The summed E-state index contributed by atoms with van der Waals surface area (Å²) >= 11 is 0. The van der Waals surface area contributed by atoms with Crippen molar-refractivity contribution in [3.63, 3.8) is 0 Å². The van der Waals surface area contributed by atoms with Gasteiger partial charge in [-0.15, -0.1) is 0 Å². The molecule has 0 atom stereocenters. The van der Waals surface area contributed by atoms with Gasteiger partial charge in [0.2, 0.25) is 5.75 Å². The molecule has 0 aliphatic rings. The van der Waals surface area contributed by atoms with Crippen LogP contribution in [0.1, 0.15) is 69.4 Å². The van der Waals surface area contributed by atoms with Gasteiger partial charge in [-0.05, 0) is 62.4 Å². The minimum Gasteiger partial charge on any atom is -0.493 e. The number of aryl methyl sites for hydroxylation is 2. The highest BCUT2D eigenvalue weighted by molar-refractivity contribution is 7.86. The third-order valence-electron chi connectivity index (χ3n) is 5.67. The van der Waals surface area contributed by atoms with Crippen molar-refractivity contribution in [2.45, 2.75) is 76.5 Å². The SMILES string of the molecule is CCCCCCOc1c(OC)cc(CCCCCCOS(=O)(=O)c2ccc(C)cc2)cc1OC. The molecule has 0 N–H and O–H groups in total. The lowest BCUT2D eigenvalue weighted by Crippen LogP contribution is -2.07. The molecular formula is C27H40O6S. The Labute approximate surface area is 205 Å². The molecule has 0 unspecified atom stereocenters. The van der Waals surface area contributed by atoms with E-state index in [4.69, 9.17) is 18.4 Å². The lowest BCUT2D eigenvalue weighted by molar-refractivity contribution is 0.267. The average Bonchev–Trinajstić information content (AvgIpc) is 2.83. The van der Waals surface area contributed by atoms with E-state index in [1.807, 2.05) is 19.1 Å². The molecule has 0 amide bonds. The van der Waals surface area contributed by atoms with Gasteiger partial charge in [0.15, 0.2) is 11.5 Å². The number of ether oxygens (including phenoxy) is 3. The highest BCUT2D eigenvalue weighted by Crippen LogP contribution is 2.39. The van der Waals surface area contributed by atoms with Gasteiger partial charge in [-0.2, -0.15) is 8.42 Å². The molecule has 0 aromatic heterocycles. The summed E-state index contributed by atoms with van der Waals surface area (Å²) in [7, 11) is -0.392. The first-order chi connectivity index (χ1) is 16.4. The minimum atomic E-state index is -3.68. The maximum absolute atomic E-state index is 12.2. The zero-order chi connectivity index (χ0) is 24.8. The van der Waals surface area contributed by atoms with E-state index in [9.17, 15) is 8.42 Å². The zero-order valence-electron chi connectivity index (χ0n) is 21.1. The van der Waals surface area contributed by atoms with Crippen LogP contribution in [0.4, 0.5) is 0 Å². The molecule has 0 bridgehead atoms. The van der Waals surface area contributed by atoms with Gasteiger partial charge >= 0.3 is 0 Å². The molecule has 0 heterocycles. The smallest absolute Gasteiger partial charge is 0.296 e. The summed E-state index contributed by atoms with van der Waals surface area (Å²) in [6, 6.07) is 10.7. The van der Waals surface area contributed by atoms with E-state index in [-0.39, 0.29) is 11.5 Å². The van der Waals surface area contributed by atoms with Gasteiger partial charge in [-0.1, -0.05) is 56.7 Å². The van der Waals surface area contributed by atoms with E-state index in [1.54, 1.807) is 38.5 Å². The number of methoxy groups -OCH3 is 2. The Hall–Kier alpha value is -2.25. The average molecular weight is 493 g/mol. The Morgan fingerprint density at radius 1 is 0.765 bits per heavy atom. The number of benzene rings is 2. The molecule has 0 fully saturated rings. The maximum atomic E-state index is 12.2. The molecule has 0 spiro atoms. The second-order valence-electron chi connectivity index (χ2n) is 8.49. The molecule has 7 heteroatoms. The Bertz CT molecular complexity index is 929. The molecule has 2 aromatic rings. The molecule has 0 radical (unpaired) electrons. The van der Waals surface area contributed by atoms with Gasteiger partial charge in [0, 0.05) is 0 Å². The summed E-state index contributed by atoms with van der Waals surface area (Å²) < 4.78 is 46.7. The zero-order valence-corrected chi connectivity index (χ0v) is 21.9. The van der Waals surface area contributed by atoms with Crippen LogP contribution in [0.25, 0.3) is 0 Å². The van der Waals surface area contributed by atoms with Crippen molar-refractivity contribution in [1.82, 2.24) is 0 Å². The first kappa shape index (κ1) is 28.0. The van der Waals surface area contributed by atoms with Gasteiger partial charge in [0.1, 0.15) is 0 Å². The normalized spacial score (nSPS) is 11.4. The molecule has 190 valence electrons. The Balaban J connectivity index is 1.76. The van der Waals surface area contributed by atoms with Crippen molar-refractivity contribution in [1.29, 1.82) is 0 Å². The lowest BCUT2D eigenvalue weighted by Gasteiger charge is -2.16. The molecule has 0 aliphatic heterocycles. The van der Waals surface area contributed by atoms with Crippen LogP contribution in [-0.4, -0.2) is 35.9 Å². The van der Waals surface area contributed by atoms with Crippen LogP contribution in [0, 0.1) is 6.92 Å². The maximum Gasteiger partial charge on any atom is 0.296 e. The topological polar surface area (TPSA) is 71.1 Å². The molecule has 6 nitrogen and oxygen atoms in total. The fraction of sp³-hybridized carbons (Fsp3) is 0.556. The molecule has 34 heavy (non-hydrogen) atoms. The summed E-state index contributed by atoms with van der Waals surface area (Å²) in [6.45, 7) is 4.95. The summed E-state index contributed by atoms with van der Waals surface area (Å²) in [4.78, 5) is 0.203. The van der Waals surface area contributed by atoms with Crippen molar-refractivity contribution < 1.29 is 26.8 Å². The van der Waals surface area contributed by atoms with Crippen molar-refractivity contribution in [3.8, 4) is 17.2 Å². The monoisotopic (exact) mass is 492 g/mol.